The van der Waals surface area contributed by atoms with Crippen LogP contribution in [-0.2, 0) is 17.9 Å². The first-order valence-corrected chi connectivity index (χ1v) is 10.5. The summed E-state index contributed by atoms with van der Waals surface area (Å²) in [5, 5.41) is 0.647. The summed E-state index contributed by atoms with van der Waals surface area (Å²) in [7, 11) is 0. The Balaban J connectivity index is 1.43. The minimum atomic E-state index is -0.287. The molecule has 0 radical (unpaired) electrons. The van der Waals surface area contributed by atoms with Crippen molar-refractivity contribution in [1.29, 1.82) is 0 Å². The molecule has 1 saturated heterocycles. The first-order valence-electron chi connectivity index (χ1n) is 9.37. The maximum absolute atomic E-state index is 13.9. The third kappa shape index (κ3) is 3.88. The molecule has 2 atom stereocenters. The Kier molecular flexibility index (Phi) is 5.85. The molecule has 8 heteroatoms. The van der Waals surface area contributed by atoms with Gasteiger partial charge in [-0.3, -0.25) is 10.3 Å². The van der Waals surface area contributed by atoms with Gasteiger partial charge in [0.2, 0.25) is 0 Å². The van der Waals surface area contributed by atoms with E-state index in [0.29, 0.717) is 21.1 Å². The van der Waals surface area contributed by atoms with Crippen molar-refractivity contribution in [3.05, 3.63) is 62.9 Å². The van der Waals surface area contributed by atoms with Gasteiger partial charge in [-0.25, -0.2) is 14.4 Å². The number of nitrogens with one attached hydrogen (secondary N) is 1. The van der Waals surface area contributed by atoms with Gasteiger partial charge in [0, 0.05) is 28.2 Å². The van der Waals surface area contributed by atoms with Gasteiger partial charge in [-0.2, -0.15) is 0 Å². The standard InChI is InChI=1S/C20H21BrClFN4O/c1-2-18-19(22)20(25-11-24-18)27-15-5-6-16(27)9-14(8-15)26-28-10-12-3-4-13(21)7-17(12)23/h3-4,7-8,11,15-16,26H,2,5-6,9-10H2,1H3. The van der Waals surface area contributed by atoms with Crippen molar-refractivity contribution < 1.29 is 9.23 Å². The number of hydrogen-bond acceptors (Lipinski definition) is 5. The second-order valence-corrected chi connectivity index (χ2v) is 8.33. The molecule has 1 N–H and O–H groups in total. The van der Waals surface area contributed by atoms with Crippen molar-refractivity contribution in [2.24, 2.45) is 0 Å². The fraction of sp³-hybridized carbons (Fsp3) is 0.400. The highest BCUT2D eigenvalue weighted by Gasteiger charge is 2.38. The highest BCUT2D eigenvalue weighted by Crippen LogP contribution is 2.40. The highest BCUT2D eigenvalue weighted by molar-refractivity contribution is 9.10. The first kappa shape index (κ1) is 19.6. The third-order valence-electron chi connectivity index (χ3n) is 5.26. The summed E-state index contributed by atoms with van der Waals surface area (Å²) < 4.78 is 14.6. The van der Waals surface area contributed by atoms with Gasteiger partial charge in [-0.05, 0) is 37.5 Å². The van der Waals surface area contributed by atoms with Crippen LogP contribution < -0.4 is 10.4 Å². The molecular weight excluding hydrogens is 447 g/mol. The quantitative estimate of drug-likeness (QED) is 0.610. The van der Waals surface area contributed by atoms with Crippen molar-refractivity contribution in [3.8, 4) is 0 Å². The minimum Gasteiger partial charge on any atom is -0.345 e. The van der Waals surface area contributed by atoms with Crippen molar-refractivity contribution in [2.75, 3.05) is 4.90 Å². The molecule has 2 aromatic rings. The average molecular weight is 468 g/mol. The Hall–Kier alpha value is -1.70. The number of hydrogen-bond donors (Lipinski definition) is 1. The van der Waals surface area contributed by atoms with Crippen LogP contribution in [0, 0.1) is 5.82 Å². The van der Waals surface area contributed by atoms with E-state index >= 15 is 0 Å². The summed E-state index contributed by atoms with van der Waals surface area (Å²) in [6.45, 7) is 2.20. The summed E-state index contributed by atoms with van der Waals surface area (Å²) in [5.41, 5.74) is 5.41. The molecule has 4 rings (SSSR count). The lowest BCUT2D eigenvalue weighted by atomic mass is 10.1. The van der Waals surface area contributed by atoms with Gasteiger partial charge in [0.1, 0.15) is 23.8 Å². The zero-order valence-electron chi connectivity index (χ0n) is 15.5. The Morgan fingerprint density at radius 1 is 1.36 bits per heavy atom. The molecule has 1 aromatic carbocycles. The number of halogens is 3. The van der Waals surface area contributed by atoms with E-state index in [1.54, 1.807) is 18.5 Å². The van der Waals surface area contributed by atoms with Gasteiger partial charge in [0.15, 0.2) is 5.82 Å². The average Bonchev–Trinajstić information content (AvgIpc) is 2.93. The Labute approximate surface area is 177 Å². The SMILES string of the molecule is CCc1ncnc(N2C3C=C(NOCc4ccc(Br)cc4F)CC2CC3)c1Cl. The first-order chi connectivity index (χ1) is 13.6. The lowest BCUT2D eigenvalue weighted by Crippen LogP contribution is -2.41. The second-order valence-electron chi connectivity index (χ2n) is 7.04. The van der Waals surface area contributed by atoms with Crippen LogP contribution in [0.4, 0.5) is 10.2 Å². The van der Waals surface area contributed by atoms with E-state index in [1.165, 1.54) is 6.07 Å². The van der Waals surface area contributed by atoms with Crippen molar-refractivity contribution in [3.63, 3.8) is 0 Å². The van der Waals surface area contributed by atoms with Gasteiger partial charge in [-0.15, -0.1) is 0 Å². The van der Waals surface area contributed by atoms with E-state index in [1.807, 2.05) is 6.92 Å². The molecule has 0 spiro atoms. The number of rotatable bonds is 6. The molecule has 1 aromatic heterocycles. The van der Waals surface area contributed by atoms with Crippen LogP contribution in [0.15, 0.2) is 40.8 Å². The molecule has 2 aliphatic rings. The van der Waals surface area contributed by atoms with Crippen LogP contribution in [0.3, 0.4) is 0 Å². The van der Waals surface area contributed by atoms with E-state index in [2.05, 4.69) is 42.4 Å². The van der Waals surface area contributed by atoms with Crippen LogP contribution in [0.1, 0.15) is 37.4 Å². The summed E-state index contributed by atoms with van der Waals surface area (Å²) in [6.07, 6.45) is 7.44. The molecule has 3 heterocycles. The van der Waals surface area contributed by atoms with E-state index in [0.717, 1.165) is 42.9 Å². The molecular formula is C20H21BrClFN4O. The van der Waals surface area contributed by atoms with Gasteiger partial charge < -0.3 is 4.90 Å². The van der Waals surface area contributed by atoms with E-state index in [4.69, 9.17) is 16.4 Å². The summed E-state index contributed by atoms with van der Waals surface area (Å²) in [6, 6.07) is 5.47. The van der Waals surface area contributed by atoms with E-state index in [-0.39, 0.29) is 18.5 Å². The van der Waals surface area contributed by atoms with Crippen LogP contribution in [0.2, 0.25) is 5.02 Å². The Morgan fingerprint density at radius 3 is 2.96 bits per heavy atom. The largest absolute Gasteiger partial charge is 0.345 e. The zero-order valence-corrected chi connectivity index (χ0v) is 17.8. The summed E-state index contributed by atoms with van der Waals surface area (Å²) >= 11 is 9.81. The monoisotopic (exact) mass is 466 g/mol. The zero-order chi connectivity index (χ0) is 19.7. The number of aryl methyl sites for hydroxylation is 1. The molecule has 2 unspecified atom stereocenters. The maximum atomic E-state index is 13.9. The molecule has 2 bridgehead atoms. The van der Waals surface area contributed by atoms with E-state index in [9.17, 15) is 4.39 Å². The summed E-state index contributed by atoms with van der Waals surface area (Å²) in [5.74, 6) is 0.527. The van der Waals surface area contributed by atoms with Gasteiger partial charge in [-0.1, -0.05) is 40.5 Å². The number of hydroxylamine groups is 1. The molecule has 148 valence electrons. The lowest BCUT2D eigenvalue weighted by molar-refractivity contribution is 0.0439. The fourth-order valence-electron chi connectivity index (χ4n) is 3.90. The molecule has 0 saturated carbocycles. The fourth-order valence-corrected chi connectivity index (χ4v) is 4.57. The van der Waals surface area contributed by atoms with Crippen molar-refractivity contribution in [2.45, 2.75) is 51.3 Å². The number of nitrogens with zero attached hydrogens (tertiary/aromatic N) is 3. The third-order valence-corrected chi connectivity index (χ3v) is 6.14. The highest BCUT2D eigenvalue weighted by atomic mass is 79.9. The Morgan fingerprint density at radius 2 is 2.21 bits per heavy atom. The van der Waals surface area contributed by atoms with Gasteiger partial charge in [0.05, 0.1) is 11.7 Å². The number of fused-ring (bicyclic) bond motifs is 2. The molecule has 28 heavy (non-hydrogen) atoms. The predicted molar refractivity (Wildman–Crippen MR) is 110 cm³/mol. The minimum absolute atomic E-state index is 0.160. The maximum Gasteiger partial charge on any atom is 0.151 e. The number of aromatic nitrogens is 2. The van der Waals surface area contributed by atoms with Gasteiger partial charge in [0.25, 0.3) is 0 Å². The molecule has 1 fully saturated rings. The van der Waals surface area contributed by atoms with Crippen molar-refractivity contribution >= 4 is 33.3 Å². The Bertz CT molecular complexity index is 910. The van der Waals surface area contributed by atoms with Crippen LogP contribution in [0.25, 0.3) is 0 Å². The van der Waals surface area contributed by atoms with Crippen LogP contribution in [-0.4, -0.2) is 22.1 Å². The normalized spacial score (nSPS) is 21.0. The second kappa shape index (κ2) is 8.35. The predicted octanol–water partition coefficient (Wildman–Crippen LogP) is 4.94. The topological polar surface area (TPSA) is 50.3 Å². The molecule has 5 nitrogen and oxygen atoms in total. The number of anilines is 1. The molecule has 0 amide bonds. The van der Waals surface area contributed by atoms with Crippen LogP contribution in [0.5, 0.6) is 0 Å². The lowest BCUT2D eigenvalue weighted by Gasteiger charge is -2.35. The smallest absolute Gasteiger partial charge is 0.151 e. The van der Waals surface area contributed by atoms with E-state index < -0.39 is 0 Å². The van der Waals surface area contributed by atoms with Gasteiger partial charge >= 0.3 is 0 Å². The summed E-state index contributed by atoms with van der Waals surface area (Å²) in [4.78, 5) is 16.6. The van der Waals surface area contributed by atoms with Crippen LogP contribution >= 0.6 is 27.5 Å². The molecule has 0 aliphatic carbocycles. The molecule has 2 aliphatic heterocycles. The van der Waals surface area contributed by atoms with Crippen molar-refractivity contribution in [1.82, 2.24) is 15.4 Å². The number of benzene rings is 1.